The SMILES string of the molecule is CCO[C@H]1[C@@H](OC)[C@H](n2ccc(=O)[nH]c2=O)O[C@@H]1CONC(C)=O. The molecule has 24 heavy (non-hydrogen) atoms. The van der Waals surface area contributed by atoms with Crippen molar-refractivity contribution in [2.75, 3.05) is 20.3 Å². The quantitative estimate of drug-likeness (QED) is 0.604. The van der Waals surface area contributed by atoms with Crippen LogP contribution in [0.2, 0.25) is 0 Å². The van der Waals surface area contributed by atoms with Crippen molar-refractivity contribution in [2.24, 2.45) is 0 Å². The van der Waals surface area contributed by atoms with E-state index in [9.17, 15) is 14.4 Å². The average molecular weight is 343 g/mol. The Morgan fingerprint density at radius 1 is 1.42 bits per heavy atom. The number of carbonyl (C=O) groups is 1. The molecule has 0 radical (unpaired) electrons. The number of hydrogen-bond acceptors (Lipinski definition) is 7. The largest absolute Gasteiger partial charge is 0.374 e. The number of hydrogen-bond donors (Lipinski definition) is 2. The van der Waals surface area contributed by atoms with E-state index in [0.29, 0.717) is 6.61 Å². The van der Waals surface area contributed by atoms with Crippen molar-refractivity contribution in [1.82, 2.24) is 15.0 Å². The lowest BCUT2D eigenvalue weighted by molar-refractivity contribution is -0.139. The van der Waals surface area contributed by atoms with Crippen LogP contribution < -0.4 is 16.7 Å². The summed E-state index contributed by atoms with van der Waals surface area (Å²) < 4.78 is 18.2. The summed E-state index contributed by atoms with van der Waals surface area (Å²) in [7, 11) is 1.47. The maximum Gasteiger partial charge on any atom is 0.330 e. The molecule has 1 aromatic rings. The number of rotatable bonds is 7. The number of amides is 1. The molecule has 0 bridgehead atoms. The van der Waals surface area contributed by atoms with Gasteiger partial charge in [0.15, 0.2) is 6.23 Å². The lowest BCUT2D eigenvalue weighted by Gasteiger charge is -2.23. The zero-order valence-electron chi connectivity index (χ0n) is 13.7. The molecule has 1 saturated heterocycles. The van der Waals surface area contributed by atoms with E-state index in [2.05, 4.69) is 10.5 Å². The summed E-state index contributed by atoms with van der Waals surface area (Å²) in [5.41, 5.74) is 1.09. The number of hydroxylamine groups is 1. The monoisotopic (exact) mass is 343 g/mol. The lowest BCUT2D eigenvalue weighted by atomic mass is 10.1. The van der Waals surface area contributed by atoms with Crippen molar-refractivity contribution in [3.8, 4) is 0 Å². The summed E-state index contributed by atoms with van der Waals surface area (Å²) in [5, 5.41) is 0. The molecule has 1 amide bonds. The van der Waals surface area contributed by atoms with Crippen LogP contribution in [0.4, 0.5) is 0 Å². The minimum atomic E-state index is -0.804. The fourth-order valence-corrected chi connectivity index (χ4v) is 2.56. The van der Waals surface area contributed by atoms with Crippen molar-refractivity contribution in [3.63, 3.8) is 0 Å². The molecule has 1 aliphatic heterocycles. The van der Waals surface area contributed by atoms with Gasteiger partial charge in [-0.3, -0.25) is 24.0 Å². The first-order valence-corrected chi connectivity index (χ1v) is 7.47. The molecule has 0 saturated carbocycles. The van der Waals surface area contributed by atoms with E-state index < -0.39 is 35.8 Å². The van der Waals surface area contributed by atoms with Crippen molar-refractivity contribution in [3.05, 3.63) is 33.1 Å². The Morgan fingerprint density at radius 3 is 2.75 bits per heavy atom. The predicted molar refractivity (Wildman–Crippen MR) is 81.2 cm³/mol. The van der Waals surface area contributed by atoms with Crippen LogP contribution in [-0.4, -0.2) is 54.1 Å². The predicted octanol–water partition coefficient (Wildman–Crippen LogP) is -1.08. The van der Waals surface area contributed by atoms with Gasteiger partial charge in [-0.15, -0.1) is 0 Å². The Balaban J connectivity index is 2.23. The number of nitrogens with zero attached hydrogens (tertiary/aromatic N) is 1. The van der Waals surface area contributed by atoms with Crippen LogP contribution in [0.1, 0.15) is 20.1 Å². The third-order valence-electron chi connectivity index (χ3n) is 3.51. The summed E-state index contributed by atoms with van der Waals surface area (Å²) in [6, 6.07) is 1.22. The molecule has 1 aliphatic rings. The molecule has 4 atom stereocenters. The summed E-state index contributed by atoms with van der Waals surface area (Å²) in [4.78, 5) is 41.4. The average Bonchev–Trinajstić information content (AvgIpc) is 2.85. The number of ether oxygens (including phenoxy) is 3. The summed E-state index contributed by atoms with van der Waals surface area (Å²) in [6.45, 7) is 3.55. The highest BCUT2D eigenvalue weighted by Crippen LogP contribution is 2.32. The van der Waals surface area contributed by atoms with Gasteiger partial charge in [0, 0.05) is 32.9 Å². The first kappa shape index (κ1) is 18.3. The molecule has 1 fully saturated rings. The molecule has 1 aromatic heterocycles. The molecule has 10 heteroatoms. The second-order valence-electron chi connectivity index (χ2n) is 5.17. The number of methoxy groups -OCH3 is 1. The summed E-state index contributed by atoms with van der Waals surface area (Å²) in [5.74, 6) is -0.349. The first-order chi connectivity index (χ1) is 11.5. The number of aromatic nitrogens is 2. The van der Waals surface area contributed by atoms with E-state index >= 15 is 0 Å². The van der Waals surface area contributed by atoms with Crippen LogP contribution in [0.15, 0.2) is 21.9 Å². The van der Waals surface area contributed by atoms with E-state index in [1.807, 2.05) is 6.92 Å². The van der Waals surface area contributed by atoms with Gasteiger partial charge in [0.05, 0.1) is 0 Å². The Kier molecular flexibility index (Phi) is 6.26. The van der Waals surface area contributed by atoms with Gasteiger partial charge in [-0.25, -0.2) is 10.3 Å². The molecule has 10 nitrogen and oxygen atoms in total. The van der Waals surface area contributed by atoms with Crippen molar-refractivity contribution >= 4 is 5.91 Å². The van der Waals surface area contributed by atoms with Crippen LogP contribution in [0.3, 0.4) is 0 Å². The Labute approximate surface area is 137 Å². The van der Waals surface area contributed by atoms with Gasteiger partial charge in [0.2, 0.25) is 5.91 Å². The van der Waals surface area contributed by atoms with Crippen LogP contribution >= 0.6 is 0 Å². The highest BCUT2D eigenvalue weighted by atomic mass is 16.7. The van der Waals surface area contributed by atoms with E-state index in [1.54, 1.807) is 0 Å². The van der Waals surface area contributed by atoms with Gasteiger partial charge < -0.3 is 14.2 Å². The molecular weight excluding hydrogens is 322 g/mol. The van der Waals surface area contributed by atoms with Gasteiger partial charge in [-0.2, -0.15) is 0 Å². The van der Waals surface area contributed by atoms with Gasteiger partial charge in [0.1, 0.15) is 24.9 Å². The highest BCUT2D eigenvalue weighted by molar-refractivity contribution is 5.71. The van der Waals surface area contributed by atoms with Gasteiger partial charge in [-0.05, 0) is 6.92 Å². The molecule has 0 aliphatic carbocycles. The molecule has 134 valence electrons. The van der Waals surface area contributed by atoms with E-state index in [0.717, 1.165) is 0 Å². The van der Waals surface area contributed by atoms with Gasteiger partial charge in [-0.1, -0.05) is 0 Å². The maximum absolute atomic E-state index is 12.0. The van der Waals surface area contributed by atoms with Crippen LogP contribution in [0.5, 0.6) is 0 Å². The summed E-state index contributed by atoms with van der Waals surface area (Å²) in [6.07, 6.45) is -1.16. The zero-order chi connectivity index (χ0) is 17.7. The number of nitrogens with one attached hydrogen (secondary N) is 2. The third kappa shape index (κ3) is 4.09. The van der Waals surface area contributed by atoms with E-state index in [4.69, 9.17) is 19.0 Å². The van der Waals surface area contributed by atoms with E-state index in [-0.39, 0.29) is 12.5 Å². The standard InChI is InChI=1S/C14H21N3O7/c1-4-22-11-9(7-23-16-8(2)18)24-13(12(11)21-3)17-6-5-10(19)15-14(17)20/h5-6,9,11-13H,4,7H2,1-3H3,(H,16,18)(H,15,19,20)/t9-,11-,12-,13-/m1/s1. The van der Waals surface area contributed by atoms with Crippen LogP contribution in [0, 0.1) is 0 Å². The highest BCUT2D eigenvalue weighted by Gasteiger charge is 2.47. The van der Waals surface area contributed by atoms with Gasteiger partial charge in [0.25, 0.3) is 5.56 Å². The van der Waals surface area contributed by atoms with Crippen molar-refractivity contribution < 1.29 is 23.8 Å². The van der Waals surface area contributed by atoms with Gasteiger partial charge >= 0.3 is 5.69 Å². The van der Waals surface area contributed by atoms with Crippen LogP contribution in [-0.2, 0) is 23.8 Å². The Morgan fingerprint density at radius 2 is 2.17 bits per heavy atom. The molecule has 2 rings (SSSR count). The lowest BCUT2D eigenvalue weighted by Crippen LogP contribution is -2.40. The maximum atomic E-state index is 12.0. The summed E-state index contributed by atoms with van der Waals surface area (Å²) >= 11 is 0. The fourth-order valence-electron chi connectivity index (χ4n) is 2.56. The fraction of sp³-hybridized carbons (Fsp3) is 0.643. The number of aromatic amines is 1. The Hall–Kier alpha value is -2.01. The minimum absolute atomic E-state index is 0.0126. The second-order valence-corrected chi connectivity index (χ2v) is 5.17. The first-order valence-electron chi connectivity index (χ1n) is 7.47. The smallest absolute Gasteiger partial charge is 0.330 e. The van der Waals surface area contributed by atoms with Crippen molar-refractivity contribution in [1.29, 1.82) is 0 Å². The molecule has 0 aromatic carbocycles. The minimum Gasteiger partial charge on any atom is -0.374 e. The Bertz CT molecular complexity index is 671. The molecular formula is C14H21N3O7. The molecule has 0 spiro atoms. The number of carbonyl (C=O) groups excluding carboxylic acids is 1. The number of H-pyrrole nitrogens is 1. The molecule has 2 heterocycles. The molecule has 2 N–H and O–H groups in total. The van der Waals surface area contributed by atoms with E-state index in [1.165, 1.54) is 30.9 Å². The van der Waals surface area contributed by atoms with Crippen molar-refractivity contribution in [2.45, 2.75) is 38.4 Å². The second kappa shape index (κ2) is 8.20. The van der Waals surface area contributed by atoms with Crippen LogP contribution in [0.25, 0.3) is 0 Å². The third-order valence-corrected chi connectivity index (χ3v) is 3.51. The zero-order valence-corrected chi connectivity index (χ0v) is 13.7. The normalized spacial score (nSPS) is 26.5. The molecule has 0 unspecified atom stereocenters. The topological polar surface area (TPSA) is 121 Å².